The van der Waals surface area contributed by atoms with Gasteiger partial charge in [0.15, 0.2) is 5.82 Å². The Morgan fingerprint density at radius 3 is 2.84 bits per heavy atom. The number of thioether (sulfide) groups is 1. The number of nitrogens with zero attached hydrogens (tertiary/aromatic N) is 2. The number of rotatable bonds is 4. The average Bonchev–Trinajstić information content (AvgIpc) is 3.07. The summed E-state index contributed by atoms with van der Waals surface area (Å²) in [4.78, 5) is 12.0. The number of aryl methyl sites for hydroxylation is 1. The number of fused-ring (bicyclic) bond motifs is 1. The van der Waals surface area contributed by atoms with Crippen molar-refractivity contribution in [3.63, 3.8) is 0 Å². The van der Waals surface area contributed by atoms with E-state index in [1.165, 1.54) is 21.0 Å². The molecule has 0 saturated carbocycles. The van der Waals surface area contributed by atoms with Gasteiger partial charge in [-0.15, -0.1) is 11.3 Å². The van der Waals surface area contributed by atoms with Crippen LogP contribution in [0.5, 0.6) is 0 Å². The van der Waals surface area contributed by atoms with Gasteiger partial charge in [0.05, 0.1) is 10.6 Å². The Morgan fingerprint density at radius 2 is 2.11 bits per heavy atom. The Morgan fingerprint density at radius 1 is 1.21 bits per heavy atom. The molecule has 3 rings (SSSR count). The molecule has 1 aliphatic rings. The zero-order chi connectivity index (χ0) is 13.2. The molecule has 1 aliphatic heterocycles. The quantitative estimate of drug-likeness (QED) is 0.925. The van der Waals surface area contributed by atoms with E-state index in [0.717, 1.165) is 36.1 Å². The zero-order valence-corrected chi connectivity index (χ0v) is 12.8. The van der Waals surface area contributed by atoms with E-state index in [9.17, 15) is 0 Å². The number of hydrogen-bond acceptors (Lipinski definition) is 5. The lowest BCUT2D eigenvalue weighted by atomic mass is 10.2. The lowest BCUT2D eigenvalue weighted by Gasteiger charge is -2.09. The van der Waals surface area contributed by atoms with Crippen LogP contribution in [-0.4, -0.2) is 16.5 Å². The van der Waals surface area contributed by atoms with Gasteiger partial charge in [0.25, 0.3) is 0 Å². The summed E-state index contributed by atoms with van der Waals surface area (Å²) < 4.78 is 0. The van der Waals surface area contributed by atoms with Crippen LogP contribution in [0.15, 0.2) is 12.1 Å². The van der Waals surface area contributed by atoms with Crippen LogP contribution in [0.3, 0.4) is 0 Å². The van der Waals surface area contributed by atoms with Crippen molar-refractivity contribution < 1.29 is 0 Å². The maximum absolute atomic E-state index is 4.75. The number of anilines is 1. The summed E-state index contributed by atoms with van der Waals surface area (Å²) in [6.07, 6.45) is 1.07. The first-order valence-corrected chi connectivity index (χ1v) is 8.59. The van der Waals surface area contributed by atoms with Gasteiger partial charge in [-0.3, -0.25) is 0 Å². The largest absolute Gasteiger partial charge is 0.370 e. The molecule has 0 aliphatic carbocycles. The highest BCUT2D eigenvalue weighted by Crippen LogP contribution is 2.35. The van der Waals surface area contributed by atoms with Gasteiger partial charge in [-0.25, -0.2) is 9.97 Å². The molecular weight excluding hydrogens is 274 g/mol. The molecular formula is C14H17N3S2. The maximum atomic E-state index is 4.75. The van der Waals surface area contributed by atoms with Gasteiger partial charge in [0.2, 0.25) is 0 Å². The normalized spacial score (nSPS) is 13.6. The second-order valence-electron chi connectivity index (χ2n) is 4.46. The fraction of sp³-hybridized carbons (Fsp3) is 0.429. The molecule has 0 amide bonds. The van der Waals surface area contributed by atoms with E-state index in [1.807, 2.05) is 11.8 Å². The summed E-state index contributed by atoms with van der Waals surface area (Å²) in [6, 6.07) is 4.32. The summed E-state index contributed by atoms with van der Waals surface area (Å²) in [5.41, 5.74) is 2.50. The minimum atomic E-state index is 0.877. The molecule has 0 atom stereocenters. The van der Waals surface area contributed by atoms with Crippen LogP contribution in [-0.2, 0) is 17.9 Å². The van der Waals surface area contributed by atoms with Crippen LogP contribution in [0.4, 0.5) is 5.82 Å². The van der Waals surface area contributed by atoms with Gasteiger partial charge in [-0.1, -0.05) is 6.92 Å². The Bertz CT molecular complexity index is 592. The van der Waals surface area contributed by atoms with E-state index in [0.29, 0.717) is 0 Å². The third-order valence-electron chi connectivity index (χ3n) is 3.15. The molecule has 0 radical (unpaired) electrons. The molecule has 0 unspecified atom stereocenters. The smallest absolute Gasteiger partial charge is 0.171 e. The minimum absolute atomic E-state index is 0.877. The van der Waals surface area contributed by atoms with Crippen molar-refractivity contribution in [3.8, 4) is 10.7 Å². The monoisotopic (exact) mass is 291 g/mol. The van der Waals surface area contributed by atoms with E-state index in [-0.39, 0.29) is 0 Å². The zero-order valence-electron chi connectivity index (χ0n) is 11.2. The first-order chi connectivity index (χ1) is 9.31. The molecule has 3 nitrogen and oxygen atoms in total. The van der Waals surface area contributed by atoms with Gasteiger partial charge in [0, 0.05) is 28.5 Å². The fourth-order valence-electron chi connectivity index (χ4n) is 2.16. The van der Waals surface area contributed by atoms with Crippen LogP contribution >= 0.6 is 23.1 Å². The van der Waals surface area contributed by atoms with Crippen LogP contribution in [0.1, 0.15) is 30.0 Å². The molecule has 5 heteroatoms. The molecule has 3 heterocycles. The van der Waals surface area contributed by atoms with Gasteiger partial charge in [-0.2, -0.15) is 11.8 Å². The number of aromatic nitrogens is 2. The summed E-state index contributed by atoms with van der Waals surface area (Å²) in [6.45, 7) is 5.19. The van der Waals surface area contributed by atoms with Gasteiger partial charge in [-0.05, 0) is 25.5 Å². The molecule has 0 aromatic carbocycles. The second kappa shape index (κ2) is 5.51. The van der Waals surface area contributed by atoms with Crippen LogP contribution in [0.25, 0.3) is 10.7 Å². The summed E-state index contributed by atoms with van der Waals surface area (Å²) in [5, 5.41) is 3.38. The van der Waals surface area contributed by atoms with Crippen molar-refractivity contribution in [2.45, 2.75) is 31.8 Å². The van der Waals surface area contributed by atoms with Crippen molar-refractivity contribution in [2.75, 3.05) is 11.9 Å². The Labute approximate surface area is 121 Å². The van der Waals surface area contributed by atoms with E-state index >= 15 is 0 Å². The van der Waals surface area contributed by atoms with Gasteiger partial charge in [0.1, 0.15) is 5.82 Å². The molecule has 0 fully saturated rings. The van der Waals surface area contributed by atoms with Gasteiger partial charge >= 0.3 is 0 Å². The number of hydrogen-bond donors (Lipinski definition) is 1. The standard InChI is InChI=1S/C14H17N3S2/c1-3-9-5-6-12(19-9)14-16-11-8-18-7-10(11)13(17-14)15-4-2/h5-6H,3-4,7-8H2,1-2H3,(H,15,16,17). The lowest BCUT2D eigenvalue weighted by molar-refractivity contribution is 1.05. The van der Waals surface area contributed by atoms with Crippen molar-refractivity contribution in [1.82, 2.24) is 9.97 Å². The van der Waals surface area contributed by atoms with E-state index in [4.69, 9.17) is 9.97 Å². The highest BCUT2D eigenvalue weighted by atomic mass is 32.2. The summed E-state index contributed by atoms with van der Waals surface area (Å²) in [7, 11) is 0. The van der Waals surface area contributed by atoms with Gasteiger partial charge < -0.3 is 5.32 Å². The summed E-state index contributed by atoms with van der Waals surface area (Å²) in [5.74, 6) is 3.94. The molecule has 1 N–H and O–H groups in total. The molecule has 19 heavy (non-hydrogen) atoms. The average molecular weight is 291 g/mol. The molecule has 2 aromatic rings. The third-order valence-corrected chi connectivity index (χ3v) is 5.35. The Hall–Kier alpha value is -1.07. The first kappa shape index (κ1) is 12.9. The molecule has 2 aromatic heterocycles. The molecule has 0 bridgehead atoms. The van der Waals surface area contributed by atoms with Crippen LogP contribution < -0.4 is 5.32 Å². The predicted molar refractivity (Wildman–Crippen MR) is 83.9 cm³/mol. The number of nitrogens with one attached hydrogen (secondary N) is 1. The van der Waals surface area contributed by atoms with E-state index < -0.39 is 0 Å². The molecule has 100 valence electrons. The second-order valence-corrected chi connectivity index (χ2v) is 6.62. The van der Waals surface area contributed by atoms with Crippen molar-refractivity contribution in [3.05, 3.63) is 28.3 Å². The highest BCUT2D eigenvalue weighted by Gasteiger charge is 2.20. The fourth-order valence-corrected chi connectivity index (χ4v) is 4.09. The number of thiophene rings is 1. The molecule has 0 spiro atoms. The third kappa shape index (κ3) is 2.49. The minimum Gasteiger partial charge on any atom is -0.370 e. The van der Waals surface area contributed by atoms with Crippen LogP contribution in [0.2, 0.25) is 0 Å². The molecule has 0 saturated heterocycles. The first-order valence-electron chi connectivity index (χ1n) is 6.62. The Kier molecular flexibility index (Phi) is 3.75. The summed E-state index contributed by atoms with van der Waals surface area (Å²) >= 11 is 3.72. The van der Waals surface area contributed by atoms with Crippen LogP contribution in [0, 0.1) is 0 Å². The maximum Gasteiger partial charge on any atom is 0.171 e. The van der Waals surface area contributed by atoms with Crippen molar-refractivity contribution in [1.29, 1.82) is 0 Å². The predicted octanol–water partition coefficient (Wildman–Crippen LogP) is 3.95. The SMILES string of the molecule is CCNc1nc(-c2ccc(CC)s2)nc2c1CSC2. The van der Waals surface area contributed by atoms with E-state index in [1.54, 1.807) is 11.3 Å². The Balaban J connectivity index is 2.04. The van der Waals surface area contributed by atoms with Crippen molar-refractivity contribution in [2.24, 2.45) is 0 Å². The van der Waals surface area contributed by atoms with E-state index in [2.05, 4.69) is 31.3 Å². The lowest BCUT2D eigenvalue weighted by Crippen LogP contribution is -2.06. The van der Waals surface area contributed by atoms with Crippen molar-refractivity contribution >= 4 is 28.9 Å². The topological polar surface area (TPSA) is 37.8 Å². The highest BCUT2D eigenvalue weighted by molar-refractivity contribution is 7.98.